The van der Waals surface area contributed by atoms with Crippen LogP contribution in [0.1, 0.15) is 24.4 Å². The average molecular weight is 474 g/mol. The van der Waals surface area contributed by atoms with Crippen LogP contribution >= 0.6 is 23.2 Å². The van der Waals surface area contributed by atoms with E-state index in [9.17, 15) is 0 Å². The average Bonchev–Trinajstić information content (AvgIpc) is 3.23. The Bertz CT molecular complexity index is 1100. The molecule has 0 bridgehead atoms. The molecule has 0 radical (unpaired) electrons. The number of pyridine rings is 1. The summed E-state index contributed by atoms with van der Waals surface area (Å²) in [5, 5.41) is 13.0. The minimum Gasteiger partial charge on any atom is -0.383 e. The van der Waals surface area contributed by atoms with Crippen molar-refractivity contribution in [3.63, 3.8) is 0 Å². The topological polar surface area (TPSA) is 136 Å². The fourth-order valence-corrected chi connectivity index (χ4v) is 4.19. The standard InChI is InChI=1S/C21H25Cl2N9/c22-15-2-1-3-18(23)19(9-15)32(26)21(30-25)17-8-13(10-28-20(17)24)14-11-29-31(12-14)16-4-6-27-7-5-16/h1-3,8-12,15-16,27H,4-7,25-26H2,(H2,24,28)/b30-21-. The molecule has 0 saturated carbocycles. The number of hydrazine groups is 1. The van der Waals surface area contributed by atoms with Crippen molar-refractivity contribution in [3.8, 4) is 11.1 Å². The molecule has 1 fully saturated rings. The normalized spacial score (nSPS) is 20.0. The molecule has 32 heavy (non-hydrogen) atoms. The smallest absolute Gasteiger partial charge is 0.177 e. The van der Waals surface area contributed by atoms with Gasteiger partial charge in [-0.3, -0.25) is 9.69 Å². The quantitative estimate of drug-likeness (QED) is 0.176. The SMILES string of the molecule is N/N=C(/c1cc(-c2cnn(C3CCNCC3)c2)cnc1N)N(N)C1=CC(Cl)C=CC=C1Cl. The van der Waals surface area contributed by atoms with Crippen LogP contribution in [0.2, 0.25) is 0 Å². The Balaban J connectivity index is 1.65. The molecule has 1 atom stereocenters. The highest BCUT2D eigenvalue weighted by molar-refractivity contribution is 6.32. The summed E-state index contributed by atoms with van der Waals surface area (Å²) >= 11 is 12.6. The van der Waals surface area contributed by atoms with Crippen LogP contribution in [0.4, 0.5) is 5.82 Å². The van der Waals surface area contributed by atoms with E-state index < -0.39 is 5.38 Å². The number of piperidine rings is 1. The second-order valence-electron chi connectivity index (χ2n) is 7.57. The van der Waals surface area contributed by atoms with Gasteiger partial charge in [0.15, 0.2) is 5.84 Å². The fourth-order valence-electron chi connectivity index (χ4n) is 3.76. The molecule has 2 aromatic heterocycles. The van der Waals surface area contributed by atoms with Crippen molar-refractivity contribution in [2.45, 2.75) is 24.3 Å². The Morgan fingerprint density at radius 2 is 2.03 bits per heavy atom. The predicted octanol–water partition coefficient (Wildman–Crippen LogP) is 2.43. The molecule has 3 heterocycles. The summed E-state index contributed by atoms with van der Waals surface area (Å²) < 4.78 is 2.01. The number of amidine groups is 1. The summed E-state index contributed by atoms with van der Waals surface area (Å²) in [4.78, 5) is 4.33. The lowest BCUT2D eigenvalue weighted by atomic mass is 10.1. The van der Waals surface area contributed by atoms with Crippen LogP contribution in [0.3, 0.4) is 0 Å². The third-order valence-electron chi connectivity index (χ3n) is 5.49. The third kappa shape index (κ3) is 4.66. The Hall–Kier alpha value is -2.85. The highest BCUT2D eigenvalue weighted by Gasteiger charge is 2.22. The van der Waals surface area contributed by atoms with Gasteiger partial charge in [0.2, 0.25) is 0 Å². The van der Waals surface area contributed by atoms with Crippen LogP contribution in [0.25, 0.3) is 11.1 Å². The molecule has 1 saturated heterocycles. The number of aromatic nitrogens is 3. The van der Waals surface area contributed by atoms with Crippen molar-refractivity contribution < 1.29 is 0 Å². The zero-order chi connectivity index (χ0) is 22.7. The van der Waals surface area contributed by atoms with Gasteiger partial charge < -0.3 is 16.9 Å². The van der Waals surface area contributed by atoms with E-state index in [1.165, 1.54) is 5.01 Å². The Morgan fingerprint density at radius 1 is 1.25 bits per heavy atom. The number of allylic oxidation sites excluding steroid dienone is 5. The number of anilines is 1. The second-order valence-corrected chi connectivity index (χ2v) is 8.48. The molecule has 2 aliphatic rings. The zero-order valence-corrected chi connectivity index (χ0v) is 18.8. The van der Waals surface area contributed by atoms with E-state index in [4.69, 9.17) is 40.6 Å². The summed E-state index contributed by atoms with van der Waals surface area (Å²) in [6, 6.07) is 2.21. The van der Waals surface area contributed by atoms with Crippen molar-refractivity contribution in [2.24, 2.45) is 16.8 Å². The number of nitrogens with zero attached hydrogens (tertiary/aromatic N) is 5. The molecule has 11 heteroatoms. The van der Waals surface area contributed by atoms with Gasteiger partial charge >= 0.3 is 0 Å². The minimum absolute atomic E-state index is 0.200. The molecule has 168 valence electrons. The Morgan fingerprint density at radius 3 is 2.78 bits per heavy atom. The molecular formula is C21H25Cl2N9. The molecule has 4 rings (SSSR count). The van der Waals surface area contributed by atoms with Crippen molar-refractivity contribution >= 4 is 34.9 Å². The Labute approximate surface area is 196 Å². The third-order valence-corrected chi connectivity index (χ3v) is 6.08. The van der Waals surface area contributed by atoms with E-state index in [0.29, 0.717) is 22.3 Å². The molecule has 0 amide bonds. The zero-order valence-electron chi connectivity index (χ0n) is 17.3. The monoisotopic (exact) mass is 473 g/mol. The number of hydrazone groups is 1. The van der Waals surface area contributed by atoms with Crippen LogP contribution < -0.4 is 22.7 Å². The first-order valence-corrected chi connectivity index (χ1v) is 11.0. The van der Waals surface area contributed by atoms with Crippen LogP contribution in [0, 0.1) is 0 Å². The van der Waals surface area contributed by atoms with Crippen LogP contribution in [0.5, 0.6) is 0 Å². The summed E-state index contributed by atoms with van der Waals surface area (Å²) in [5.74, 6) is 12.5. The van der Waals surface area contributed by atoms with Gasteiger partial charge in [0.25, 0.3) is 0 Å². The molecule has 2 aromatic rings. The first kappa shape index (κ1) is 22.3. The van der Waals surface area contributed by atoms with E-state index in [1.807, 2.05) is 23.1 Å². The van der Waals surface area contributed by atoms with E-state index in [0.717, 1.165) is 37.1 Å². The van der Waals surface area contributed by atoms with Gasteiger partial charge in [-0.05, 0) is 44.1 Å². The highest BCUT2D eigenvalue weighted by Crippen LogP contribution is 2.28. The van der Waals surface area contributed by atoms with Crippen molar-refractivity contribution in [3.05, 3.63) is 65.3 Å². The summed E-state index contributed by atoms with van der Waals surface area (Å²) in [6.45, 7) is 1.98. The molecule has 1 aliphatic carbocycles. The van der Waals surface area contributed by atoms with E-state index >= 15 is 0 Å². The highest BCUT2D eigenvalue weighted by atomic mass is 35.5. The summed E-state index contributed by atoms with van der Waals surface area (Å²) in [5.41, 5.74) is 8.81. The lowest BCUT2D eigenvalue weighted by Crippen LogP contribution is -2.39. The molecule has 7 N–H and O–H groups in total. The molecule has 0 spiro atoms. The fraction of sp³-hybridized carbons (Fsp3) is 0.286. The maximum Gasteiger partial charge on any atom is 0.177 e. The lowest BCUT2D eigenvalue weighted by Gasteiger charge is -2.24. The number of halogens is 2. The maximum absolute atomic E-state index is 6.38. The van der Waals surface area contributed by atoms with E-state index in [-0.39, 0.29) is 11.7 Å². The van der Waals surface area contributed by atoms with Crippen molar-refractivity contribution in [1.29, 1.82) is 0 Å². The van der Waals surface area contributed by atoms with Gasteiger partial charge in [0.1, 0.15) is 5.82 Å². The number of nitrogens with one attached hydrogen (secondary N) is 1. The summed E-state index contributed by atoms with van der Waals surface area (Å²) in [7, 11) is 0. The number of rotatable bonds is 4. The van der Waals surface area contributed by atoms with Gasteiger partial charge in [0, 0.05) is 23.5 Å². The molecule has 1 aliphatic heterocycles. The molecule has 9 nitrogen and oxygen atoms in total. The second kappa shape index (κ2) is 9.74. The van der Waals surface area contributed by atoms with Crippen LogP contribution in [-0.2, 0) is 0 Å². The van der Waals surface area contributed by atoms with Crippen LogP contribution in [0.15, 0.2) is 64.8 Å². The Kier molecular flexibility index (Phi) is 6.80. The van der Waals surface area contributed by atoms with Crippen molar-refractivity contribution in [1.82, 2.24) is 25.1 Å². The molecular weight excluding hydrogens is 449 g/mol. The van der Waals surface area contributed by atoms with Gasteiger partial charge in [0.05, 0.1) is 33.9 Å². The van der Waals surface area contributed by atoms with Gasteiger partial charge in [-0.1, -0.05) is 23.8 Å². The van der Waals surface area contributed by atoms with Gasteiger partial charge in [-0.2, -0.15) is 10.2 Å². The van der Waals surface area contributed by atoms with Crippen molar-refractivity contribution in [2.75, 3.05) is 18.8 Å². The first-order valence-electron chi connectivity index (χ1n) is 10.2. The molecule has 0 aromatic carbocycles. The van der Waals surface area contributed by atoms with E-state index in [1.54, 1.807) is 30.5 Å². The number of nitrogen functional groups attached to an aromatic ring is 1. The first-order chi connectivity index (χ1) is 15.5. The lowest BCUT2D eigenvalue weighted by molar-refractivity contribution is 0.343. The molecule has 1 unspecified atom stereocenters. The predicted molar refractivity (Wildman–Crippen MR) is 129 cm³/mol. The number of nitrogens with two attached hydrogens (primary N) is 3. The maximum atomic E-state index is 6.38. The number of hydrogen-bond donors (Lipinski definition) is 4. The van der Waals surface area contributed by atoms with Gasteiger partial charge in [-0.25, -0.2) is 10.8 Å². The largest absolute Gasteiger partial charge is 0.383 e. The number of alkyl halides is 1. The minimum atomic E-state index is -0.398. The number of hydrogen-bond acceptors (Lipinski definition) is 7. The van der Waals surface area contributed by atoms with Crippen LogP contribution in [-0.4, -0.2) is 44.1 Å². The summed E-state index contributed by atoms with van der Waals surface area (Å²) in [6.07, 6.45) is 14.5. The van der Waals surface area contributed by atoms with E-state index in [2.05, 4.69) is 20.5 Å². The van der Waals surface area contributed by atoms with Gasteiger partial charge in [-0.15, -0.1) is 11.6 Å².